The van der Waals surface area contributed by atoms with Crippen LogP contribution in [0.2, 0.25) is 0 Å². The maximum atomic E-state index is 11.5. The zero-order valence-electron chi connectivity index (χ0n) is 11.5. The van der Waals surface area contributed by atoms with E-state index in [1.807, 2.05) is 37.3 Å². The molecule has 0 amide bonds. The van der Waals surface area contributed by atoms with Crippen molar-refractivity contribution in [2.75, 3.05) is 6.61 Å². The van der Waals surface area contributed by atoms with Crippen LogP contribution in [0.4, 0.5) is 0 Å². The second-order valence-corrected chi connectivity index (χ2v) is 5.29. The van der Waals surface area contributed by atoms with Crippen LogP contribution in [-0.2, 0) is 4.79 Å². The van der Waals surface area contributed by atoms with Gasteiger partial charge in [-0.05, 0) is 48.4 Å². The summed E-state index contributed by atoms with van der Waals surface area (Å²) in [7, 11) is 0. The molecule has 0 aliphatic rings. The highest BCUT2D eigenvalue weighted by molar-refractivity contribution is 9.10. The molecule has 0 radical (unpaired) electrons. The monoisotopic (exact) mass is 346 g/mol. The van der Waals surface area contributed by atoms with Gasteiger partial charge in [-0.25, -0.2) is 4.79 Å². The minimum atomic E-state index is -0.966. The van der Waals surface area contributed by atoms with Gasteiger partial charge in [0.15, 0.2) is 0 Å². The number of carboxylic acid groups (broad SMARTS) is 1. The molecule has 2 aromatic rings. The van der Waals surface area contributed by atoms with Crippen molar-refractivity contribution in [1.82, 2.24) is 0 Å². The van der Waals surface area contributed by atoms with Gasteiger partial charge < -0.3 is 9.84 Å². The standard InChI is InChI=1S/C17H15BrO3/c1-2-21-15-5-3-4-13(11-15)16(17(19)20)10-12-6-8-14(18)9-7-12/h3-11H,2H2,1H3,(H,19,20)/b16-10-. The maximum absolute atomic E-state index is 11.5. The Labute approximate surface area is 132 Å². The molecule has 2 aromatic carbocycles. The normalized spacial score (nSPS) is 11.2. The van der Waals surface area contributed by atoms with Gasteiger partial charge in [-0.3, -0.25) is 0 Å². The molecule has 0 aliphatic carbocycles. The summed E-state index contributed by atoms with van der Waals surface area (Å²) in [5.74, 6) is -0.301. The first-order chi connectivity index (χ1) is 10.1. The smallest absolute Gasteiger partial charge is 0.336 e. The first kappa shape index (κ1) is 15.3. The first-order valence-corrected chi connectivity index (χ1v) is 7.33. The van der Waals surface area contributed by atoms with Crippen molar-refractivity contribution in [1.29, 1.82) is 0 Å². The lowest BCUT2D eigenvalue weighted by molar-refractivity contribution is -0.130. The van der Waals surface area contributed by atoms with E-state index in [9.17, 15) is 9.90 Å². The fraction of sp³-hybridized carbons (Fsp3) is 0.118. The lowest BCUT2D eigenvalue weighted by Crippen LogP contribution is -2.00. The van der Waals surface area contributed by atoms with E-state index in [0.717, 1.165) is 10.0 Å². The summed E-state index contributed by atoms with van der Waals surface area (Å²) in [4.78, 5) is 11.5. The molecule has 0 heterocycles. The molecule has 2 rings (SSSR count). The number of aliphatic carboxylic acids is 1. The van der Waals surface area contributed by atoms with Crippen molar-refractivity contribution >= 4 is 33.5 Å². The van der Waals surface area contributed by atoms with Gasteiger partial charge in [-0.15, -0.1) is 0 Å². The summed E-state index contributed by atoms with van der Waals surface area (Å²) in [5, 5.41) is 9.45. The molecule has 108 valence electrons. The molecule has 0 atom stereocenters. The van der Waals surface area contributed by atoms with Gasteiger partial charge >= 0.3 is 5.97 Å². The minimum Gasteiger partial charge on any atom is -0.494 e. The highest BCUT2D eigenvalue weighted by Gasteiger charge is 2.11. The molecule has 0 saturated carbocycles. The van der Waals surface area contributed by atoms with Crippen LogP contribution in [0.3, 0.4) is 0 Å². The zero-order chi connectivity index (χ0) is 15.2. The van der Waals surface area contributed by atoms with Crippen LogP contribution < -0.4 is 4.74 Å². The van der Waals surface area contributed by atoms with Crippen LogP contribution in [0.25, 0.3) is 11.6 Å². The number of ether oxygens (including phenoxy) is 1. The molecular weight excluding hydrogens is 332 g/mol. The van der Waals surface area contributed by atoms with Crippen molar-refractivity contribution in [2.24, 2.45) is 0 Å². The van der Waals surface area contributed by atoms with Crippen LogP contribution in [0, 0.1) is 0 Å². The van der Waals surface area contributed by atoms with Crippen molar-refractivity contribution in [3.63, 3.8) is 0 Å². The second-order valence-electron chi connectivity index (χ2n) is 4.38. The molecule has 0 fully saturated rings. The summed E-state index contributed by atoms with van der Waals surface area (Å²) in [5.41, 5.74) is 1.69. The molecule has 0 aliphatic heterocycles. The van der Waals surface area contributed by atoms with Crippen LogP contribution in [-0.4, -0.2) is 17.7 Å². The number of halogens is 1. The predicted octanol–water partition coefficient (Wildman–Crippen LogP) is 4.47. The van der Waals surface area contributed by atoms with Gasteiger partial charge in [-0.1, -0.05) is 40.2 Å². The minimum absolute atomic E-state index is 0.235. The summed E-state index contributed by atoms with van der Waals surface area (Å²) >= 11 is 3.36. The van der Waals surface area contributed by atoms with Gasteiger partial charge in [0.2, 0.25) is 0 Å². The Morgan fingerprint density at radius 3 is 2.57 bits per heavy atom. The molecule has 0 spiro atoms. The number of carboxylic acids is 1. The molecular formula is C17H15BrO3. The summed E-state index contributed by atoms with van der Waals surface area (Å²) in [6.07, 6.45) is 1.65. The van der Waals surface area contributed by atoms with Gasteiger partial charge in [0, 0.05) is 4.47 Å². The molecule has 0 saturated heterocycles. The molecule has 21 heavy (non-hydrogen) atoms. The number of rotatable bonds is 5. The van der Waals surface area contributed by atoms with Crippen LogP contribution in [0.5, 0.6) is 5.75 Å². The van der Waals surface area contributed by atoms with Crippen LogP contribution in [0.15, 0.2) is 53.0 Å². The van der Waals surface area contributed by atoms with Crippen molar-refractivity contribution in [3.05, 3.63) is 64.1 Å². The van der Waals surface area contributed by atoms with E-state index in [1.165, 1.54) is 0 Å². The van der Waals surface area contributed by atoms with Crippen molar-refractivity contribution in [2.45, 2.75) is 6.92 Å². The Kier molecular flexibility index (Phi) is 5.17. The van der Waals surface area contributed by atoms with E-state index >= 15 is 0 Å². The Hall–Kier alpha value is -2.07. The fourth-order valence-corrected chi connectivity index (χ4v) is 2.18. The fourth-order valence-electron chi connectivity index (χ4n) is 1.91. The lowest BCUT2D eigenvalue weighted by atomic mass is 10.0. The Morgan fingerprint density at radius 2 is 1.95 bits per heavy atom. The van der Waals surface area contributed by atoms with Gasteiger partial charge in [0.1, 0.15) is 5.75 Å². The van der Waals surface area contributed by atoms with Crippen molar-refractivity contribution < 1.29 is 14.6 Å². The number of benzene rings is 2. The highest BCUT2D eigenvalue weighted by Crippen LogP contribution is 2.23. The third-order valence-corrected chi connectivity index (χ3v) is 3.40. The number of hydrogen-bond acceptors (Lipinski definition) is 2. The molecule has 3 nitrogen and oxygen atoms in total. The highest BCUT2D eigenvalue weighted by atomic mass is 79.9. The molecule has 0 aromatic heterocycles. The van der Waals surface area contributed by atoms with E-state index in [1.54, 1.807) is 24.3 Å². The molecule has 1 N–H and O–H groups in total. The predicted molar refractivity (Wildman–Crippen MR) is 87.3 cm³/mol. The zero-order valence-corrected chi connectivity index (χ0v) is 13.1. The van der Waals surface area contributed by atoms with Crippen LogP contribution >= 0.6 is 15.9 Å². The van der Waals surface area contributed by atoms with E-state index in [-0.39, 0.29) is 5.57 Å². The third-order valence-electron chi connectivity index (χ3n) is 2.87. The third kappa shape index (κ3) is 4.20. The summed E-state index contributed by atoms with van der Waals surface area (Å²) < 4.78 is 6.37. The average Bonchev–Trinajstić information content (AvgIpc) is 2.47. The Balaban J connectivity index is 2.41. The Morgan fingerprint density at radius 1 is 1.24 bits per heavy atom. The SMILES string of the molecule is CCOc1cccc(/C(=C/c2ccc(Br)cc2)C(=O)O)c1. The van der Waals surface area contributed by atoms with Crippen LogP contribution in [0.1, 0.15) is 18.1 Å². The number of hydrogen-bond donors (Lipinski definition) is 1. The Bertz CT molecular complexity index is 660. The van der Waals surface area contributed by atoms with Gasteiger partial charge in [-0.2, -0.15) is 0 Å². The van der Waals surface area contributed by atoms with E-state index in [0.29, 0.717) is 17.9 Å². The molecule has 0 unspecified atom stereocenters. The molecule has 0 bridgehead atoms. The number of carbonyl (C=O) groups is 1. The van der Waals surface area contributed by atoms with Gasteiger partial charge in [0.25, 0.3) is 0 Å². The van der Waals surface area contributed by atoms with E-state index in [4.69, 9.17) is 4.74 Å². The largest absolute Gasteiger partial charge is 0.494 e. The van der Waals surface area contributed by atoms with Gasteiger partial charge in [0.05, 0.1) is 12.2 Å². The lowest BCUT2D eigenvalue weighted by Gasteiger charge is -2.07. The maximum Gasteiger partial charge on any atom is 0.336 e. The van der Waals surface area contributed by atoms with E-state index in [2.05, 4.69) is 15.9 Å². The van der Waals surface area contributed by atoms with Crippen molar-refractivity contribution in [3.8, 4) is 5.75 Å². The quantitative estimate of drug-likeness (QED) is 0.641. The summed E-state index contributed by atoms with van der Waals surface area (Å²) in [6.45, 7) is 2.44. The summed E-state index contributed by atoms with van der Waals surface area (Å²) in [6, 6.07) is 14.6. The molecule has 4 heteroatoms. The second kappa shape index (κ2) is 7.09. The van der Waals surface area contributed by atoms with E-state index < -0.39 is 5.97 Å². The first-order valence-electron chi connectivity index (χ1n) is 6.54. The average molecular weight is 347 g/mol. The topological polar surface area (TPSA) is 46.5 Å².